The van der Waals surface area contributed by atoms with E-state index >= 15 is 0 Å². The molecule has 4 rings (SSSR count). The normalized spacial score (nSPS) is 15.5. The quantitative estimate of drug-likeness (QED) is 0.631. The fourth-order valence-corrected chi connectivity index (χ4v) is 5.12. The van der Waals surface area contributed by atoms with Gasteiger partial charge in [0, 0.05) is 12.6 Å². The highest BCUT2D eigenvalue weighted by atomic mass is 32.2. The Balaban J connectivity index is 1.70. The Hall–Kier alpha value is -2.60. The Bertz CT molecular complexity index is 1050. The molecule has 28 heavy (non-hydrogen) atoms. The zero-order valence-corrected chi connectivity index (χ0v) is 16.7. The topological polar surface area (TPSA) is 61.2 Å². The monoisotopic (exact) mass is 396 g/mol. The molecular formula is C22H24N2O3S. The van der Waals surface area contributed by atoms with Gasteiger partial charge in [-0.05, 0) is 49.9 Å². The van der Waals surface area contributed by atoms with Gasteiger partial charge in [-0.1, -0.05) is 36.8 Å². The second kappa shape index (κ2) is 7.80. The number of nitrogens with zero attached hydrogens (tertiary/aromatic N) is 2. The van der Waals surface area contributed by atoms with Crippen LogP contribution in [0.3, 0.4) is 0 Å². The molecule has 0 bridgehead atoms. The number of benzene rings is 2. The summed E-state index contributed by atoms with van der Waals surface area (Å²) in [5, 5.41) is 0.0289. The Labute approximate surface area is 165 Å². The highest BCUT2D eigenvalue weighted by Crippen LogP contribution is 2.34. The maximum Gasteiger partial charge on any atom is 0.240 e. The predicted molar refractivity (Wildman–Crippen MR) is 108 cm³/mol. The summed E-state index contributed by atoms with van der Waals surface area (Å²) in [6, 6.07) is 16.2. The molecule has 0 radical (unpaired) electrons. The maximum absolute atomic E-state index is 13.0. The van der Waals surface area contributed by atoms with Crippen molar-refractivity contribution in [1.82, 2.24) is 9.55 Å². The number of para-hydroxylation sites is 1. The van der Waals surface area contributed by atoms with Crippen LogP contribution in [-0.4, -0.2) is 24.1 Å². The second-order valence-electron chi connectivity index (χ2n) is 7.18. The zero-order valence-electron chi connectivity index (χ0n) is 15.9. The molecule has 2 aromatic carbocycles. The van der Waals surface area contributed by atoms with Crippen molar-refractivity contribution < 1.29 is 13.2 Å². The molecule has 5 nitrogen and oxygen atoms in total. The average Bonchev–Trinajstić information content (AvgIpc) is 3.12. The third-order valence-electron chi connectivity index (χ3n) is 5.25. The first-order valence-corrected chi connectivity index (χ1v) is 11.1. The van der Waals surface area contributed by atoms with E-state index in [0.717, 1.165) is 29.8 Å². The van der Waals surface area contributed by atoms with Crippen molar-refractivity contribution in [2.45, 2.75) is 48.3 Å². The minimum atomic E-state index is -3.69. The van der Waals surface area contributed by atoms with Crippen LogP contribution >= 0.6 is 0 Å². The average molecular weight is 397 g/mol. The number of hydrogen-bond acceptors (Lipinski definition) is 4. The molecular weight excluding hydrogens is 372 g/mol. The number of sulfone groups is 1. The van der Waals surface area contributed by atoms with Crippen LogP contribution in [0, 0.1) is 0 Å². The van der Waals surface area contributed by atoms with Gasteiger partial charge in [0.2, 0.25) is 15.0 Å². The number of rotatable bonds is 5. The Morgan fingerprint density at radius 2 is 1.64 bits per heavy atom. The molecule has 6 heteroatoms. The molecule has 0 amide bonds. The van der Waals surface area contributed by atoms with Crippen LogP contribution in [0.15, 0.2) is 70.8 Å². The van der Waals surface area contributed by atoms with Crippen molar-refractivity contribution in [3.63, 3.8) is 0 Å². The molecule has 0 aliphatic heterocycles. The van der Waals surface area contributed by atoms with Gasteiger partial charge in [-0.2, -0.15) is 0 Å². The summed E-state index contributed by atoms with van der Waals surface area (Å²) < 4.78 is 33.9. The van der Waals surface area contributed by atoms with Crippen molar-refractivity contribution in [1.29, 1.82) is 0 Å². The lowest BCUT2D eigenvalue weighted by Crippen LogP contribution is -2.20. The number of imidazole rings is 1. The van der Waals surface area contributed by atoms with Crippen LogP contribution in [0.4, 0.5) is 0 Å². The lowest BCUT2D eigenvalue weighted by atomic mass is 9.97. The molecule has 1 fully saturated rings. The standard InChI is InChI=1S/C22H24N2O3S/c1-24-20(16-23-22(24)28(25,26)18-12-6-3-7-13-18)19-14-8-9-15-21(19)27-17-10-4-2-5-11-17/h3,6-9,12-17H,2,4-5,10-11H2,1H3. The molecule has 3 aromatic rings. The second-order valence-corrected chi connectivity index (χ2v) is 9.02. The minimum absolute atomic E-state index is 0.0289. The van der Waals surface area contributed by atoms with Crippen LogP contribution in [-0.2, 0) is 16.9 Å². The fourth-order valence-electron chi connectivity index (χ4n) is 3.74. The molecule has 1 aliphatic carbocycles. The zero-order chi connectivity index (χ0) is 19.6. The highest BCUT2D eigenvalue weighted by molar-refractivity contribution is 7.91. The molecule has 1 aromatic heterocycles. The summed E-state index contributed by atoms with van der Waals surface area (Å²) in [6.07, 6.45) is 7.61. The third kappa shape index (κ3) is 3.56. The summed E-state index contributed by atoms with van der Waals surface area (Å²) in [7, 11) is -1.95. The van der Waals surface area contributed by atoms with E-state index in [9.17, 15) is 8.42 Å². The first kappa shape index (κ1) is 18.7. The van der Waals surface area contributed by atoms with Crippen LogP contribution in [0.5, 0.6) is 5.75 Å². The Morgan fingerprint density at radius 3 is 2.39 bits per heavy atom. The molecule has 1 heterocycles. The molecule has 0 N–H and O–H groups in total. The molecule has 1 saturated carbocycles. The number of ether oxygens (including phenoxy) is 1. The molecule has 0 spiro atoms. The van der Waals surface area contributed by atoms with Gasteiger partial charge in [-0.3, -0.25) is 0 Å². The summed E-state index contributed by atoms with van der Waals surface area (Å²) in [5.74, 6) is 0.779. The number of hydrogen-bond donors (Lipinski definition) is 0. The van der Waals surface area contributed by atoms with E-state index in [1.54, 1.807) is 48.1 Å². The van der Waals surface area contributed by atoms with Gasteiger partial charge in [-0.15, -0.1) is 0 Å². The summed E-state index contributed by atoms with van der Waals surface area (Å²) in [4.78, 5) is 4.49. The van der Waals surface area contributed by atoms with E-state index in [1.807, 2.05) is 24.3 Å². The van der Waals surface area contributed by atoms with Gasteiger partial charge >= 0.3 is 0 Å². The molecule has 0 atom stereocenters. The summed E-state index contributed by atoms with van der Waals surface area (Å²) in [5.41, 5.74) is 1.58. The van der Waals surface area contributed by atoms with Crippen LogP contribution < -0.4 is 4.74 Å². The minimum Gasteiger partial charge on any atom is -0.490 e. The maximum atomic E-state index is 13.0. The van der Waals surface area contributed by atoms with Gasteiger partial charge in [-0.25, -0.2) is 13.4 Å². The first-order valence-electron chi connectivity index (χ1n) is 9.65. The van der Waals surface area contributed by atoms with E-state index in [4.69, 9.17) is 4.74 Å². The Morgan fingerprint density at radius 1 is 0.964 bits per heavy atom. The van der Waals surface area contributed by atoms with Gasteiger partial charge in [0.05, 0.1) is 22.9 Å². The SMILES string of the molecule is Cn1c(-c2ccccc2OC2CCCCC2)cnc1S(=O)(=O)c1ccccc1. The smallest absolute Gasteiger partial charge is 0.240 e. The lowest BCUT2D eigenvalue weighted by Gasteiger charge is -2.24. The molecule has 1 aliphatic rings. The van der Waals surface area contributed by atoms with Crippen molar-refractivity contribution >= 4 is 9.84 Å². The van der Waals surface area contributed by atoms with E-state index in [0.29, 0.717) is 0 Å². The Kier molecular flexibility index (Phi) is 5.22. The number of aromatic nitrogens is 2. The fraction of sp³-hybridized carbons (Fsp3) is 0.318. The van der Waals surface area contributed by atoms with Crippen LogP contribution in [0.25, 0.3) is 11.3 Å². The van der Waals surface area contributed by atoms with E-state index in [2.05, 4.69) is 4.98 Å². The molecule has 0 unspecified atom stereocenters. The summed E-state index contributed by atoms with van der Waals surface area (Å²) in [6.45, 7) is 0. The third-order valence-corrected chi connectivity index (χ3v) is 7.00. The van der Waals surface area contributed by atoms with Crippen LogP contribution in [0.1, 0.15) is 32.1 Å². The van der Waals surface area contributed by atoms with Crippen LogP contribution in [0.2, 0.25) is 0 Å². The van der Waals surface area contributed by atoms with Crippen molar-refractivity contribution in [3.05, 3.63) is 60.8 Å². The van der Waals surface area contributed by atoms with Crippen molar-refractivity contribution in [3.8, 4) is 17.0 Å². The van der Waals surface area contributed by atoms with Gasteiger partial charge in [0.15, 0.2) is 0 Å². The van der Waals surface area contributed by atoms with E-state index in [-0.39, 0.29) is 16.2 Å². The van der Waals surface area contributed by atoms with Gasteiger partial charge < -0.3 is 9.30 Å². The van der Waals surface area contributed by atoms with Gasteiger partial charge in [0.25, 0.3) is 0 Å². The van der Waals surface area contributed by atoms with E-state index in [1.165, 1.54) is 19.3 Å². The first-order chi connectivity index (χ1) is 13.6. The molecule has 0 saturated heterocycles. The van der Waals surface area contributed by atoms with Crippen molar-refractivity contribution in [2.75, 3.05) is 0 Å². The highest BCUT2D eigenvalue weighted by Gasteiger charge is 2.25. The van der Waals surface area contributed by atoms with Gasteiger partial charge in [0.1, 0.15) is 5.75 Å². The predicted octanol–water partition coefficient (Wildman–Crippen LogP) is 4.63. The summed E-state index contributed by atoms with van der Waals surface area (Å²) >= 11 is 0. The van der Waals surface area contributed by atoms with Crippen molar-refractivity contribution in [2.24, 2.45) is 7.05 Å². The lowest BCUT2D eigenvalue weighted by molar-refractivity contribution is 0.155. The largest absolute Gasteiger partial charge is 0.490 e. The van der Waals surface area contributed by atoms with E-state index < -0.39 is 9.84 Å². The molecule has 146 valence electrons.